The molecule has 3 aromatic rings. The molecule has 0 fully saturated rings. The van der Waals surface area contributed by atoms with E-state index in [0.717, 1.165) is 23.2 Å². The van der Waals surface area contributed by atoms with Crippen LogP contribution in [0.4, 0.5) is 5.69 Å². The van der Waals surface area contributed by atoms with Crippen LogP contribution in [0.5, 0.6) is 0 Å². The molecule has 28 heavy (non-hydrogen) atoms. The van der Waals surface area contributed by atoms with E-state index in [2.05, 4.69) is 10.3 Å². The van der Waals surface area contributed by atoms with Crippen molar-refractivity contribution in [3.8, 4) is 0 Å². The third-order valence-electron chi connectivity index (χ3n) is 5.02. The van der Waals surface area contributed by atoms with E-state index < -0.39 is 0 Å². The van der Waals surface area contributed by atoms with Crippen molar-refractivity contribution in [3.63, 3.8) is 0 Å². The van der Waals surface area contributed by atoms with Crippen molar-refractivity contribution in [3.05, 3.63) is 63.9 Å². The van der Waals surface area contributed by atoms with Gasteiger partial charge in [0.05, 0.1) is 16.7 Å². The zero-order chi connectivity index (χ0) is 20.3. The molecule has 1 amide bonds. The highest BCUT2D eigenvalue weighted by molar-refractivity contribution is 7.99. The Bertz CT molecular complexity index is 1080. The number of benzene rings is 2. The first-order valence-corrected chi connectivity index (χ1v) is 10.4. The number of anilines is 1. The molecule has 0 saturated heterocycles. The van der Waals surface area contributed by atoms with Gasteiger partial charge in [0.25, 0.3) is 5.56 Å². The van der Waals surface area contributed by atoms with Gasteiger partial charge in [-0.05, 0) is 56.5 Å². The molecule has 5 nitrogen and oxygen atoms in total. The molecule has 0 saturated carbocycles. The monoisotopic (exact) mass is 395 g/mol. The maximum atomic E-state index is 13.0. The molecule has 3 rings (SSSR count). The second-order valence-electron chi connectivity index (χ2n) is 6.93. The normalized spacial score (nSPS) is 12.1. The highest BCUT2D eigenvalue weighted by Crippen LogP contribution is 2.23. The van der Waals surface area contributed by atoms with Crippen molar-refractivity contribution in [2.24, 2.45) is 0 Å². The average Bonchev–Trinajstić information content (AvgIpc) is 2.69. The zero-order valence-corrected chi connectivity index (χ0v) is 17.5. The molecule has 2 aromatic carbocycles. The molecular weight excluding hydrogens is 370 g/mol. The van der Waals surface area contributed by atoms with Gasteiger partial charge >= 0.3 is 0 Å². The fraction of sp³-hybridized carbons (Fsp3) is 0.318. The Kier molecular flexibility index (Phi) is 6.19. The van der Waals surface area contributed by atoms with Crippen molar-refractivity contribution >= 4 is 34.3 Å². The van der Waals surface area contributed by atoms with Crippen LogP contribution in [0.1, 0.15) is 37.4 Å². The fourth-order valence-electron chi connectivity index (χ4n) is 3.00. The molecule has 1 N–H and O–H groups in total. The lowest BCUT2D eigenvalue weighted by Crippen LogP contribution is -2.26. The van der Waals surface area contributed by atoms with E-state index in [1.54, 1.807) is 10.6 Å². The van der Waals surface area contributed by atoms with Gasteiger partial charge in [-0.25, -0.2) is 4.98 Å². The minimum Gasteiger partial charge on any atom is -0.325 e. The number of nitrogens with zero attached hydrogens (tertiary/aromatic N) is 2. The second-order valence-corrected chi connectivity index (χ2v) is 7.87. The number of hydrogen-bond donors (Lipinski definition) is 1. The summed E-state index contributed by atoms with van der Waals surface area (Å²) < 4.78 is 1.71. The van der Waals surface area contributed by atoms with Gasteiger partial charge < -0.3 is 5.32 Å². The lowest BCUT2D eigenvalue weighted by Gasteiger charge is -2.18. The van der Waals surface area contributed by atoms with Crippen LogP contribution in [0.25, 0.3) is 10.9 Å². The van der Waals surface area contributed by atoms with Crippen LogP contribution in [0.15, 0.2) is 52.4 Å². The molecule has 1 atom stereocenters. The summed E-state index contributed by atoms with van der Waals surface area (Å²) in [5, 5.41) is 4.14. The van der Waals surface area contributed by atoms with E-state index in [1.165, 1.54) is 11.8 Å². The predicted molar refractivity (Wildman–Crippen MR) is 116 cm³/mol. The molecule has 0 aliphatic carbocycles. The van der Waals surface area contributed by atoms with Crippen LogP contribution in [-0.4, -0.2) is 21.2 Å². The first kappa shape index (κ1) is 20.1. The third kappa shape index (κ3) is 4.12. The number of thioether (sulfide) groups is 1. The second kappa shape index (κ2) is 8.61. The van der Waals surface area contributed by atoms with Crippen molar-refractivity contribution in [2.75, 3.05) is 11.1 Å². The SMILES string of the molecule is CC[C@H](C)n1c(SCC(=O)Nc2cccc(C)c2C)nc2ccccc2c1=O. The number of fused-ring (bicyclic) bond motifs is 1. The van der Waals surface area contributed by atoms with Gasteiger partial charge in [0.15, 0.2) is 5.16 Å². The number of carbonyl (C=O) groups excluding carboxylic acids is 1. The summed E-state index contributed by atoms with van der Waals surface area (Å²) in [5.41, 5.74) is 3.60. The van der Waals surface area contributed by atoms with Gasteiger partial charge in [0.1, 0.15) is 0 Å². The minimum absolute atomic E-state index is 0.00850. The first-order chi connectivity index (χ1) is 13.4. The zero-order valence-electron chi connectivity index (χ0n) is 16.7. The van der Waals surface area contributed by atoms with Gasteiger partial charge in [0, 0.05) is 11.7 Å². The van der Waals surface area contributed by atoms with E-state index in [4.69, 9.17) is 0 Å². The Labute approximate surface area is 169 Å². The molecule has 0 spiro atoms. The van der Waals surface area contributed by atoms with E-state index in [0.29, 0.717) is 16.1 Å². The largest absolute Gasteiger partial charge is 0.325 e. The molecule has 6 heteroatoms. The molecule has 0 aliphatic heterocycles. The van der Waals surface area contributed by atoms with Crippen molar-refractivity contribution in [1.29, 1.82) is 0 Å². The smallest absolute Gasteiger partial charge is 0.262 e. The maximum absolute atomic E-state index is 13.0. The van der Waals surface area contributed by atoms with E-state index in [1.807, 2.05) is 64.1 Å². The van der Waals surface area contributed by atoms with Crippen LogP contribution >= 0.6 is 11.8 Å². The number of aryl methyl sites for hydroxylation is 1. The van der Waals surface area contributed by atoms with Crippen LogP contribution in [0.2, 0.25) is 0 Å². The Balaban J connectivity index is 1.86. The Morgan fingerprint density at radius 3 is 2.68 bits per heavy atom. The molecule has 0 aliphatic rings. The average molecular weight is 396 g/mol. The molecule has 146 valence electrons. The molecule has 0 bridgehead atoms. The third-order valence-corrected chi connectivity index (χ3v) is 5.97. The first-order valence-electron chi connectivity index (χ1n) is 9.42. The quantitative estimate of drug-likeness (QED) is 0.485. The number of carbonyl (C=O) groups is 1. The van der Waals surface area contributed by atoms with E-state index >= 15 is 0 Å². The maximum Gasteiger partial charge on any atom is 0.262 e. The summed E-state index contributed by atoms with van der Waals surface area (Å²) in [7, 11) is 0. The minimum atomic E-state index is -0.114. The molecule has 1 aromatic heterocycles. The van der Waals surface area contributed by atoms with Gasteiger partial charge in [-0.2, -0.15) is 0 Å². The van der Waals surface area contributed by atoms with Crippen molar-refractivity contribution in [2.45, 2.75) is 45.3 Å². The van der Waals surface area contributed by atoms with Gasteiger partial charge in [-0.15, -0.1) is 0 Å². The lowest BCUT2D eigenvalue weighted by molar-refractivity contribution is -0.113. The fourth-order valence-corrected chi connectivity index (χ4v) is 3.90. The highest BCUT2D eigenvalue weighted by Gasteiger charge is 2.17. The summed E-state index contributed by atoms with van der Waals surface area (Å²) >= 11 is 1.30. The Hall–Kier alpha value is -2.60. The van der Waals surface area contributed by atoms with Gasteiger partial charge in [0.2, 0.25) is 5.91 Å². The predicted octanol–water partition coefficient (Wildman–Crippen LogP) is 4.72. The molecular formula is C22H25N3O2S. The van der Waals surface area contributed by atoms with E-state index in [9.17, 15) is 9.59 Å². The van der Waals surface area contributed by atoms with Crippen LogP contribution < -0.4 is 10.9 Å². The number of hydrogen-bond acceptors (Lipinski definition) is 4. The number of para-hydroxylation sites is 1. The Morgan fingerprint density at radius 2 is 1.93 bits per heavy atom. The number of nitrogens with one attached hydrogen (secondary N) is 1. The lowest BCUT2D eigenvalue weighted by atomic mass is 10.1. The summed E-state index contributed by atoms with van der Waals surface area (Å²) in [5.74, 6) is 0.0750. The van der Waals surface area contributed by atoms with Crippen molar-refractivity contribution in [1.82, 2.24) is 9.55 Å². The summed E-state index contributed by atoms with van der Waals surface area (Å²) in [4.78, 5) is 30.1. The Morgan fingerprint density at radius 1 is 1.18 bits per heavy atom. The van der Waals surface area contributed by atoms with Crippen LogP contribution in [0.3, 0.4) is 0 Å². The molecule has 0 radical (unpaired) electrons. The van der Waals surface area contributed by atoms with Crippen LogP contribution in [-0.2, 0) is 4.79 Å². The summed E-state index contributed by atoms with van der Waals surface area (Å²) in [6, 6.07) is 13.2. The number of aromatic nitrogens is 2. The molecule has 0 unspecified atom stereocenters. The van der Waals surface area contributed by atoms with Crippen LogP contribution in [0, 0.1) is 13.8 Å². The number of rotatable bonds is 6. The molecule has 1 heterocycles. The highest BCUT2D eigenvalue weighted by atomic mass is 32.2. The summed E-state index contributed by atoms with van der Waals surface area (Å²) in [6.45, 7) is 8.04. The van der Waals surface area contributed by atoms with E-state index in [-0.39, 0.29) is 23.3 Å². The number of amides is 1. The summed E-state index contributed by atoms with van der Waals surface area (Å²) in [6.07, 6.45) is 0.808. The topological polar surface area (TPSA) is 64.0 Å². The van der Waals surface area contributed by atoms with Gasteiger partial charge in [-0.1, -0.05) is 43.0 Å². The van der Waals surface area contributed by atoms with Gasteiger partial charge in [-0.3, -0.25) is 14.2 Å². The van der Waals surface area contributed by atoms with Crippen molar-refractivity contribution < 1.29 is 4.79 Å². The standard InChI is InChI=1S/C22H25N3O2S/c1-5-15(3)25-21(27)17-10-6-7-11-19(17)24-22(25)28-13-20(26)23-18-12-8-9-14(2)16(18)4/h6-12,15H,5,13H2,1-4H3,(H,23,26)/t15-/m0/s1.